The van der Waals surface area contributed by atoms with E-state index in [1.165, 1.54) is 4.90 Å². The molecule has 6 heteroatoms. The molecule has 1 rings (SSSR count). The minimum absolute atomic E-state index is 0.237. The Hall–Kier alpha value is -0.330. The number of nitrogens with zero attached hydrogens (tertiary/aromatic N) is 1. The number of nitrogens with one attached hydrogen (secondary N) is 1. The van der Waals surface area contributed by atoms with Crippen LogP contribution in [0.25, 0.3) is 0 Å². The minimum atomic E-state index is -4.10. The maximum atomic E-state index is 12.2. The second-order valence-corrected chi connectivity index (χ2v) is 5.02. The zero-order valence-corrected chi connectivity index (χ0v) is 10.8. The fourth-order valence-corrected chi connectivity index (χ4v) is 2.29. The van der Waals surface area contributed by atoms with Crippen LogP contribution in [0.5, 0.6) is 0 Å². The lowest BCUT2D eigenvalue weighted by Gasteiger charge is -2.33. The van der Waals surface area contributed by atoms with Gasteiger partial charge in [-0.3, -0.25) is 4.90 Å². The highest BCUT2D eigenvalue weighted by molar-refractivity contribution is 4.79. The molecular formula is C12H23F3N2O. The Morgan fingerprint density at radius 3 is 2.44 bits per heavy atom. The lowest BCUT2D eigenvalue weighted by Crippen LogP contribution is -2.46. The van der Waals surface area contributed by atoms with Crippen molar-refractivity contribution in [3.8, 4) is 0 Å². The van der Waals surface area contributed by atoms with Gasteiger partial charge in [-0.1, -0.05) is 13.3 Å². The molecule has 1 unspecified atom stereocenters. The number of hydrogen-bond acceptors (Lipinski definition) is 3. The summed E-state index contributed by atoms with van der Waals surface area (Å²) in [5, 5.41) is 12.8. The molecule has 0 aromatic carbocycles. The summed E-state index contributed by atoms with van der Waals surface area (Å²) in [6, 6.07) is 0.237. The Bertz CT molecular complexity index is 228. The molecule has 1 aliphatic rings. The topological polar surface area (TPSA) is 35.5 Å². The Morgan fingerprint density at radius 1 is 1.33 bits per heavy atom. The number of rotatable bonds is 6. The summed E-state index contributed by atoms with van der Waals surface area (Å²) in [5.41, 5.74) is 0. The number of aliphatic hydroxyl groups excluding tert-OH is 1. The molecule has 0 saturated carbocycles. The smallest absolute Gasteiger partial charge is 0.392 e. The van der Waals surface area contributed by atoms with Crippen molar-refractivity contribution in [2.75, 3.05) is 26.2 Å². The average molecular weight is 268 g/mol. The van der Waals surface area contributed by atoms with Crippen LogP contribution in [0.1, 0.15) is 32.6 Å². The first-order valence-electron chi connectivity index (χ1n) is 6.61. The van der Waals surface area contributed by atoms with Crippen LogP contribution in [0.2, 0.25) is 0 Å². The molecule has 1 saturated heterocycles. The van der Waals surface area contributed by atoms with Crippen molar-refractivity contribution in [3.63, 3.8) is 0 Å². The Morgan fingerprint density at radius 2 is 1.94 bits per heavy atom. The van der Waals surface area contributed by atoms with E-state index in [1.807, 2.05) is 6.92 Å². The largest absolute Gasteiger partial charge is 0.401 e. The summed E-state index contributed by atoms with van der Waals surface area (Å²) in [7, 11) is 0. The van der Waals surface area contributed by atoms with E-state index in [2.05, 4.69) is 5.32 Å². The maximum absolute atomic E-state index is 12.2. The Balaban J connectivity index is 2.15. The van der Waals surface area contributed by atoms with Crippen LogP contribution in [-0.2, 0) is 0 Å². The van der Waals surface area contributed by atoms with Gasteiger partial charge in [-0.05, 0) is 32.4 Å². The van der Waals surface area contributed by atoms with Gasteiger partial charge in [0.1, 0.15) is 0 Å². The molecule has 0 radical (unpaired) electrons. The average Bonchev–Trinajstić information content (AvgIpc) is 2.26. The number of halogens is 3. The van der Waals surface area contributed by atoms with Crippen molar-refractivity contribution >= 4 is 0 Å². The highest BCUT2D eigenvalue weighted by atomic mass is 19.4. The zero-order chi connectivity index (χ0) is 13.6. The minimum Gasteiger partial charge on any atom is -0.392 e. The van der Waals surface area contributed by atoms with Gasteiger partial charge in [0.15, 0.2) is 0 Å². The van der Waals surface area contributed by atoms with Gasteiger partial charge in [-0.15, -0.1) is 0 Å². The molecule has 0 aliphatic carbocycles. The second kappa shape index (κ2) is 7.31. The lowest BCUT2D eigenvalue weighted by molar-refractivity contribution is -0.148. The third-order valence-corrected chi connectivity index (χ3v) is 3.25. The standard InChI is InChI=1S/C12H23F3N2O/c1-2-3-11(18)8-16-10-4-6-17(7-5-10)9-12(13,14)15/h10-11,16,18H,2-9H2,1H3. The highest BCUT2D eigenvalue weighted by Gasteiger charge is 2.32. The molecule has 0 amide bonds. The normalized spacial score (nSPS) is 21.2. The van der Waals surface area contributed by atoms with Crippen molar-refractivity contribution in [1.82, 2.24) is 10.2 Å². The van der Waals surface area contributed by atoms with Crippen molar-refractivity contribution in [2.24, 2.45) is 0 Å². The first-order valence-corrected chi connectivity index (χ1v) is 6.61. The van der Waals surface area contributed by atoms with E-state index in [1.54, 1.807) is 0 Å². The van der Waals surface area contributed by atoms with E-state index in [-0.39, 0.29) is 12.1 Å². The van der Waals surface area contributed by atoms with Gasteiger partial charge < -0.3 is 10.4 Å². The number of alkyl halides is 3. The van der Waals surface area contributed by atoms with E-state index < -0.39 is 12.7 Å². The van der Waals surface area contributed by atoms with Gasteiger partial charge in [0.05, 0.1) is 12.6 Å². The Labute approximate surface area is 106 Å². The summed E-state index contributed by atoms with van der Waals surface area (Å²) in [4.78, 5) is 1.45. The first kappa shape index (κ1) is 15.7. The monoisotopic (exact) mass is 268 g/mol. The third kappa shape index (κ3) is 6.56. The highest BCUT2D eigenvalue weighted by Crippen LogP contribution is 2.19. The summed E-state index contributed by atoms with van der Waals surface area (Å²) >= 11 is 0. The Kier molecular flexibility index (Phi) is 6.38. The quantitative estimate of drug-likeness (QED) is 0.770. The van der Waals surface area contributed by atoms with Gasteiger partial charge >= 0.3 is 6.18 Å². The lowest BCUT2D eigenvalue weighted by atomic mass is 10.0. The molecule has 0 bridgehead atoms. The molecule has 0 aromatic heterocycles. The van der Waals surface area contributed by atoms with E-state index in [4.69, 9.17) is 0 Å². The van der Waals surface area contributed by atoms with Crippen LogP contribution in [0.15, 0.2) is 0 Å². The van der Waals surface area contributed by atoms with E-state index in [9.17, 15) is 18.3 Å². The van der Waals surface area contributed by atoms with E-state index in [0.29, 0.717) is 19.6 Å². The van der Waals surface area contributed by atoms with Crippen molar-refractivity contribution in [2.45, 2.75) is 50.9 Å². The molecule has 0 aromatic rings. The van der Waals surface area contributed by atoms with E-state index >= 15 is 0 Å². The SMILES string of the molecule is CCCC(O)CNC1CCN(CC(F)(F)F)CC1. The summed E-state index contributed by atoms with van der Waals surface area (Å²) in [6.45, 7) is 2.69. The van der Waals surface area contributed by atoms with Crippen molar-refractivity contribution < 1.29 is 18.3 Å². The third-order valence-electron chi connectivity index (χ3n) is 3.25. The summed E-state index contributed by atoms with van der Waals surface area (Å²) in [6.07, 6.45) is -1.31. The van der Waals surface area contributed by atoms with Gasteiger partial charge in [0.2, 0.25) is 0 Å². The van der Waals surface area contributed by atoms with Crippen LogP contribution >= 0.6 is 0 Å². The predicted molar refractivity (Wildman–Crippen MR) is 64.4 cm³/mol. The first-order chi connectivity index (χ1) is 8.40. The molecular weight excluding hydrogens is 245 g/mol. The molecule has 1 atom stereocenters. The molecule has 18 heavy (non-hydrogen) atoms. The summed E-state index contributed by atoms with van der Waals surface area (Å²) in [5.74, 6) is 0. The van der Waals surface area contributed by atoms with Crippen molar-refractivity contribution in [1.29, 1.82) is 0 Å². The van der Waals surface area contributed by atoms with Gasteiger partial charge in [0, 0.05) is 12.6 Å². The molecule has 3 nitrogen and oxygen atoms in total. The van der Waals surface area contributed by atoms with E-state index in [0.717, 1.165) is 25.7 Å². The number of hydrogen-bond donors (Lipinski definition) is 2. The fraction of sp³-hybridized carbons (Fsp3) is 1.00. The number of likely N-dealkylation sites (tertiary alicyclic amines) is 1. The molecule has 1 aliphatic heterocycles. The fourth-order valence-electron chi connectivity index (χ4n) is 2.29. The van der Waals surface area contributed by atoms with Crippen LogP contribution in [0.3, 0.4) is 0 Å². The van der Waals surface area contributed by atoms with Crippen molar-refractivity contribution in [3.05, 3.63) is 0 Å². The van der Waals surface area contributed by atoms with Gasteiger partial charge in [-0.2, -0.15) is 13.2 Å². The van der Waals surface area contributed by atoms with Crippen LogP contribution < -0.4 is 5.32 Å². The van der Waals surface area contributed by atoms with Crippen LogP contribution in [0, 0.1) is 0 Å². The summed E-state index contributed by atoms with van der Waals surface area (Å²) < 4.78 is 36.6. The molecule has 2 N–H and O–H groups in total. The maximum Gasteiger partial charge on any atom is 0.401 e. The molecule has 108 valence electrons. The molecule has 0 spiro atoms. The van der Waals surface area contributed by atoms with Gasteiger partial charge in [-0.25, -0.2) is 0 Å². The molecule has 1 fully saturated rings. The van der Waals surface area contributed by atoms with Gasteiger partial charge in [0.25, 0.3) is 0 Å². The number of aliphatic hydroxyl groups is 1. The second-order valence-electron chi connectivity index (χ2n) is 5.02. The zero-order valence-electron chi connectivity index (χ0n) is 10.8. The molecule has 1 heterocycles. The van der Waals surface area contributed by atoms with Crippen LogP contribution in [0.4, 0.5) is 13.2 Å². The number of piperidine rings is 1. The van der Waals surface area contributed by atoms with Crippen LogP contribution in [-0.4, -0.2) is 54.5 Å². The predicted octanol–water partition coefficient (Wildman–Crippen LogP) is 1.76.